The molecule has 2 amide bonds. The van der Waals surface area contributed by atoms with Gasteiger partial charge in [-0.25, -0.2) is 0 Å². The molecule has 1 aliphatic rings. The number of nitrogens with zero attached hydrogens (tertiary/aromatic N) is 1. The molecule has 2 N–H and O–H groups in total. The number of fused-ring (bicyclic) bond motifs is 1. The Balaban J connectivity index is 1.10. The molecule has 1 fully saturated rings. The quantitative estimate of drug-likeness (QED) is 0.178. The molecule has 0 bridgehead atoms. The van der Waals surface area contributed by atoms with Gasteiger partial charge < -0.3 is 34.3 Å². The molecular formula is C35H41F3N2O8. The molecule has 0 atom stereocenters. The fourth-order valence-electron chi connectivity index (χ4n) is 5.50. The first-order valence-electron chi connectivity index (χ1n) is 15.9. The van der Waals surface area contributed by atoms with Crippen LogP contribution in [0.1, 0.15) is 57.0 Å². The second kappa shape index (κ2) is 18.5. The molecule has 1 heterocycles. The standard InChI is InChI=1S/C35H41F3N2O8/c36-35(37,38)31-6-2-3-28-29(31)4-1-5-30(28)34(44)40-15-11-26(12-16-40)25-7-9-27(10-8-25)33(43)39-14-18-46-20-22-48-24-23-47-21-19-45-17-13-32(41)42/h1-10,26H,11-24H2,(H,39,43)(H,41,42). The van der Waals surface area contributed by atoms with Crippen molar-refractivity contribution >= 4 is 28.6 Å². The number of carboxylic acid groups (broad SMARTS) is 1. The molecule has 48 heavy (non-hydrogen) atoms. The van der Waals surface area contributed by atoms with Crippen molar-refractivity contribution in [2.45, 2.75) is 31.4 Å². The lowest BCUT2D eigenvalue weighted by atomic mass is 9.88. The van der Waals surface area contributed by atoms with Gasteiger partial charge in [0, 0.05) is 30.8 Å². The smallest absolute Gasteiger partial charge is 0.417 e. The Bertz CT molecular complexity index is 1490. The highest BCUT2D eigenvalue weighted by atomic mass is 19.4. The Labute approximate surface area is 277 Å². The molecule has 0 unspecified atom stereocenters. The number of amides is 2. The molecule has 3 aromatic rings. The van der Waals surface area contributed by atoms with E-state index >= 15 is 0 Å². The van der Waals surface area contributed by atoms with Crippen LogP contribution < -0.4 is 5.32 Å². The lowest BCUT2D eigenvalue weighted by molar-refractivity contribution is -0.138. The molecule has 0 aromatic heterocycles. The Morgan fingerprint density at radius 2 is 1.31 bits per heavy atom. The molecule has 260 valence electrons. The molecule has 4 rings (SSSR count). The van der Waals surface area contributed by atoms with Crippen molar-refractivity contribution in [1.29, 1.82) is 0 Å². The topological polar surface area (TPSA) is 124 Å². The van der Waals surface area contributed by atoms with E-state index in [1.54, 1.807) is 29.2 Å². The van der Waals surface area contributed by atoms with Crippen molar-refractivity contribution in [2.24, 2.45) is 0 Å². The number of ether oxygens (including phenoxy) is 4. The van der Waals surface area contributed by atoms with Crippen molar-refractivity contribution in [2.75, 3.05) is 72.5 Å². The van der Waals surface area contributed by atoms with Crippen LogP contribution in [0.25, 0.3) is 10.8 Å². The number of piperidine rings is 1. The van der Waals surface area contributed by atoms with Crippen LogP contribution in [-0.2, 0) is 29.9 Å². The summed E-state index contributed by atoms with van der Waals surface area (Å²) in [6.45, 7) is 4.00. The highest BCUT2D eigenvalue weighted by Gasteiger charge is 2.33. The van der Waals surface area contributed by atoms with Crippen LogP contribution in [0.15, 0.2) is 60.7 Å². The van der Waals surface area contributed by atoms with Crippen LogP contribution in [0.2, 0.25) is 0 Å². The van der Waals surface area contributed by atoms with E-state index in [0.717, 1.165) is 11.6 Å². The first-order valence-corrected chi connectivity index (χ1v) is 15.9. The summed E-state index contributed by atoms with van der Waals surface area (Å²) < 4.78 is 61.9. The average Bonchev–Trinajstić information content (AvgIpc) is 3.08. The number of carbonyl (C=O) groups excluding carboxylic acids is 2. The van der Waals surface area contributed by atoms with Gasteiger partial charge in [0.1, 0.15) is 0 Å². The number of hydrogen-bond acceptors (Lipinski definition) is 7. The summed E-state index contributed by atoms with van der Waals surface area (Å²) in [6, 6.07) is 15.8. The molecule has 0 aliphatic carbocycles. The van der Waals surface area contributed by atoms with Gasteiger partial charge in [-0.2, -0.15) is 13.2 Å². The van der Waals surface area contributed by atoms with Crippen LogP contribution in [0.5, 0.6) is 0 Å². The Morgan fingerprint density at radius 1 is 0.750 bits per heavy atom. The van der Waals surface area contributed by atoms with Crippen LogP contribution >= 0.6 is 0 Å². The second-order valence-corrected chi connectivity index (χ2v) is 11.2. The van der Waals surface area contributed by atoms with E-state index in [9.17, 15) is 27.6 Å². The minimum atomic E-state index is -4.51. The third-order valence-electron chi connectivity index (χ3n) is 7.99. The summed E-state index contributed by atoms with van der Waals surface area (Å²) in [5.41, 5.74) is 1.10. The molecule has 0 saturated carbocycles. The number of rotatable bonds is 18. The largest absolute Gasteiger partial charge is 0.481 e. The van der Waals surface area contributed by atoms with E-state index in [0.29, 0.717) is 89.7 Å². The number of nitrogens with one attached hydrogen (secondary N) is 1. The van der Waals surface area contributed by atoms with E-state index in [1.165, 1.54) is 18.2 Å². The van der Waals surface area contributed by atoms with Crippen LogP contribution in [0.3, 0.4) is 0 Å². The van der Waals surface area contributed by atoms with Crippen LogP contribution in [0, 0.1) is 0 Å². The zero-order chi connectivity index (χ0) is 34.4. The monoisotopic (exact) mass is 674 g/mol. The number of benzene rings is 3. The maximum atomic E-state index is 13.5. The fourth-order valence-corrected chi connectivity index (χ4v) is 5.50. The van der Waals surface area contributed by atoms with E-state index in [1.807, 2.05) is 12.1 Å². The molecule has 10 nitrogen and oxygen atoms in total. The number of aliphatic carboxylic acids is 1. The summed E-state index contributed by atoms with van der Waals surface area (Å²) in [5.74, 6) is -1.19. The zero-order valence-corrected chi connectivity index (χ0v) is 26.6. The molecule has 1 aliphatic heterocycles. The van der Waals surface area contributed by atoms with Crippen molar-refractivity contribution in [3.05, 3.63) is 82.9 Å². The molecular weight excluding hydrogens is 633 g/mol. The maximum absolute atomic E-state index is 13.5. The Hall–Kier alpha value is -4.04. The van der Waals surface area contributed by atoms with Gasteiger partial charge in [0.2, 0.25) is 0 Å². The lowest BCUT2D eigenvalue weighted by Crippen LogP contribution is -2.38. The number of hydrogen-bond donors (Lipinski definition) is 2. The van der Waals surface area contributed by atoms with Crippen LogP contribution in [-0.4, -0.2) is 100 Å². The molecule has 13 heteroatoms. The second-order valence-electron chi connectivity index (χ2n) is 11.2. The SMILES string of the molecule is O=C(O)CCOCCOCCOCCOCCNC(=O)c1ccc(C2CCN(C(=O)c3cccc4c(C(F)(F)F)cccc34)CC2)cc1. The minimum absolute atomic E-state index is 0.0166. The summed E-state index contributed by atoms with van der Waals surface area (Å²) in [5, 5.41) is 11.7. The van der Waals surface area contributed by atoms with E-state index in [2.05, 4.69) is 5.32 Å². The highest BCUT2D eigenvalue weighted by molar-refractivity contribution is 6.07. The Kier molecular flexibility index (Phi) is 14.2. The number of carbonyl (C=O) groups is 3. The van der Waals surface area contributed by atoms with Crippen molar-refractivity contribution in [3.63, 3.8) is 0 Å². The highest BCUT2D eigenvalue weighted by Crippen LogP contribution is 2.36. The number of alkyl halides is 3. The van der Waals surface area contributed by atoms with Gasteiger partial charge in [0.15, 0.2) is 0 Å². The van der Waals surface area contributed by atoms with Gasteiger partial charge in [-0.3, -0.25) is 14.4 Å². The summed E-state index contributed by atoms with van der Waals surface area (Å²) >= 11 is 0. The number of halogens is 3. The van der Waals surface area contributed by atoms with Gasteiger partial charge in [-0.15, -0.1) is 0 Å². The van der Waals surface area contributed by atoms with Gasteiger partial charge in [0.25, 0.3) is 11.8 Å². The fraction of sp³-hybridized carbons (Fsp3) is 0.457. The van der Waals surface area contributed by atoms with Gasteiger partial charge in [-0.1, -0.05) is 36.4 Å². The minimum Gasteiger partial charge on any atom is -0.481 e. The number of carboxylic acids is 1. The van der Waals surface area contributed by atoms with Crippen molar-refractivity contribution < 1.29 is 51.6 Å². The number of likely N-dealkylation sites (tertiary alicyclic amines) is 1. The van der Waals surface area contributed by atoms with Gasteiger partial charge in [0.05, 0.1) is 64.8 Å². The third kappa shape index (κ3) is 11.0. The average molecular weight is 675 g/mol. The van der Waals surface area contributed by atoms with E-state index in [4.69, 9.17) is 24.1 Å². The molecule has 0 spiro atoms. The Morgan fingerprint density at radius 3 is 1.92 bits per heavy atom. The van der Waals surface area contributed by atoms with Gasteiger partial charge >= 0.3 is 12.1 Å². The molecule has 3 aromatic carbocycles. The predicted octanol–water partition coefficient (Wildman–Crippen LogP) is 5.15. The van der Waals surface area contributed by atoms with Gasteiger partial charge in [-0.05, 0) is 59.4 Å². The first-order chi connectivity index (χ1) is 23.1. The molecule has 1 saturated heterocycles. The summed E-state index contributed by atoms with van der Waals surface area (Å²) in [6.07, 6.45) is -3.14. The van der Waals surface area contributed by atoms with Crippen LogP contribution in [0.4, 0.5) is 13.2 Å². The predicted molar refractivity (Wildman–Crippen MR) is 171 cm³/mol. The zero-order valence-electron chi connectivity index (χ0n) is 26.6. The van der Waals surface area contributed by atoms with E-state index in [-0.39, 0.29) is 41.7 Å². The molecule has 0 radical (unpaired) electrons. The third-order valence-corrected chi connectivity index (χ3v) is 7.99. The summed E-state index contributed by atoms with van der Waals surface area (Å²) in [7, 11) is 0. The normalized spacial score (nSPS) is 13.9. The summed E-state index contributed by atoms with van der Waals surface area (Å²) in [4.78, 5) is 38.0. The maximum Gasteiger partial charge on any atom is 0.417 e. The van der Waals surface area contributed by atoms with Crippen molar-refractivity contribution in [3.8, 4) is 0 Å². The first kappa shape index (κ1) is 36.8. The lowest BCUT2D eigenvalue weighted by Gasteiger charge is -2.32. The van der Waals surface area contributed by atoms with Crippen molar-refractivity contribution in [1.82, 2.24) is 10.2 Å². The van der Waals surface area contributed by atoms with E-state index < -0.39 is 17.7 Å².